The first kappa shape index (κ1) is 22.2. The first-order valence-corrected chi connectivity index (χ1v) is 8.46. The number of nitrogens with zero attached hydrogens (tertiary/aromatic N) is 2. The Kier molecular flexibility index (Phi) is 9.39. The molecule has 0 unspecified atom stereocenters. The number of guanidine groups is 1. The molecule has 26 heavy (non-hydrogen) atoms. The smallest absolute Gasteiger partial charge is 0.229 e. The summed E-state index contributed by atoms with van der Waals surface area (Å²) >= 11 is 0. The van der Waals surface area contributed by atoms with Gasteiger partial charge in [0.15, 0.2) is 5.96 Å². The van der Waals surface area contributed by atoms with E-state index in [0.29, 0.717) is 44.9 Å². The number of aliphatic imine (C=N–C) groups is 1. The van der Waals surface area contributed by atoms with Crippen molar-refractivity contribution in [2.24, 2.45) is 4.99 Å². The van der Waals surface area contributed by atoms with Crippen molar-refractivity contribution < 1.29 is 14.3 Å². The molecule has 0 spiro atoms. The Hall–Kier alpha value is -1.84. The third kappa shape index (κ3) is 6.15. The highest BCUT2D eigenvalue weighted by molar-refractivity contribution is 14.0. The molecule has 0 bridgehead atoms. The minimum absolute atomic E-state index is 0. The van der Waals surface area contributed by atoms with Gasteiger partial charge in [-0.1, -0.05) is 12.1 Å². The zero-order valence-electron chi connectivity index (χ0n) is 15.5. The molecular weight excluding hydrogens is 447 g/mol. The van der Waals surface area contributed by atoms with Crippen molar-refractivity contribution in [3.8, 4) is 5.75 Å². The number of halogens is 1. The molecule has 2 amide bonds. The zero-order chi connectivity index (χ0) is 18.2. The number of nitrogens with one attached hydrogen (secondary N) is 2. The van der Waals surface area contributed by atoms with Crippen LogP contribution in [0.5, 0.6) is 5.75 Å². The van der Waals surface area contributed by atoms with Crippen molar-refractivity contribution in [1.82, 2.24) is 15.5 Å². The third-order valence-electron chi connectivity index (χ3n) is 4.12. The number of likely N-dealkylation sites (tertiary alicyclic amines) is 1. The molecule has 2 rings (SSSR count). The van der Waals surface area contributed by atoms with E-state index in [1.54, 1.807) is 14.2 Å². The quantitative estimate of drug-likeness (QED) is 0.285. The summed E-state index contributed by atoms with van der Waals surface area (Å²) in [6.45, 7) is 3.39. The predicted molar refractivity (Wildman–Crippen MR) is 112 cm³/mol. The van der Waals surface area contributed by atoms with E-state index in [1.807, 2.05) is 25.1 Å². The van der Waals surface area contributed by atoms with Gasteiger partial charge in [-0.3, -0.25) is 19.5 Å². The second-order valence-corrected chi connectivity index (χ2v) is 5.96. The molecule has 0 atom stereocenters. The second kappa shape index (κ2) is 11.0. The molecule has 144 valence electrons. The maximum Gasteiger partial charge on any atom is 0.229 e. The summed E-state index contributed by atoms with van der Waals surface area (Å²) < 4.78 is 5.39. The van der Waals surface area contributed by atoms with Gasteiger partial charge in [-0.05, 0) is 25.0 Å². The molecule has 1 heterocycles. The molecule has 1 aliphatic rings. The van der Waals surface area contributed by atoms with Crippen molar-refractivity contribution in [2.75, 3.05) is 27.2 Å². The van der Waals surface area contributed by atoms with Crippen LogP contribution in [0.2, 0.25) is 0 Å². The van der Waals surface area contributed by atoms with E-state index in [1.165, 1.54) is 4.90 Å². The van der Waals surface area contributed by atoms with Crippen LogP contribution in [0.4, 0.5) is 0 Å². The number of methoxy groups -OCH3 is 1. The van der Waals surface area contributed by atoms with Gasteiger partial charge in [0.2, 0.25) is 11.8 Å². The van der Waals surface area contributed by atoms with E-state index in [2.05, 4.69) is 15.6 Å². The maximum atomic E-state index is 11.8. The molecule has 1 aromatic rings. The molecule has 0 aliphatic carbocycles. The van der Waals surface area contributed by atoms with Crippen molar-refractivity contribution in [3.05, 3.63) is 29.3 Å². The Morgan fingerprint density at radius 2 is 1.92 bits per heavy atom. The van der Waals surface area contributed by atoms with Crippen LogP contribution < -0.4 is 15.4 Å². The lowest BCUT2D eigenvalue weighted by Crippen LogP contribution is -2.46. The molecule has 0 radical (unpaired) electrons. The van der Waals surface area contributed by atoms with Gasteiger partial charge >= 0.3 is 0 Å². The maximum absolute atomic E-state index is 11.8. The lowest BCUT2D eigenvalue weighted by atomic mass is 10.1. The minimum atomic E-state index is -0.0922. The van der Waals surface area contributed by atoms with E-state index in [-0.39, 0.29) is 35.8 Å². The van der Waals surface area contributed by atoms with E-state index < -0.39 is 0 Å². The number of piperidine rings is 1. The van der Waals surface area contributed by atoms with Gasteiger partial charge in [0.1, 0.15) is 5.75 Å². The summed E-state index contributed by atoms with van der Waals surface area (Å²) in [7, 11) is 3.33. The predicted octanol–water partition coefficient (Wildman–Crippen LogP) is 1.83. The Morgan fingerprint density at radius 1 is 1.23 bits per heavy atom. The van der Waals surface area contributed by atoms with Crippen LogP contribution in [-0.4, -0.2) is 49.9 Å². The van der Waals surface area contributed by atoms with E-state index in [9.17, 15) is 9.59 Å². The fraction of sp³-hybridized carbons (Fsp3) is 0.500. The summed E-state index contributed by atoms with van der Waals surface area (Å²) in [5, 5.41) is 6.34. The monoisotopic (exact) mass is 474 g/mol. The average molecular weight is 474 g/mol. The summed E-state index contributed by atoms with van der Waals surface area (Å²) in [6.07, 6.45) is 1.56. The van der Waals surface area contributed by atoms with Crippen molar-refractivity contribution in [2.45, 2.75) is 32.7 Å². The van der Waals surface area contributed by atoms with Crippen LogP contribution in [0, 0.1) is 6.92 Å². The number of hydrogen-bond acceptors (Lipinski definition) is 4. The average Bonchev–Trinajstić information content (AvgIpc) is 2.60. The van der Waals surface area contributed by atoms with Gasteiger partial charge in [-0.2, -0.15) is 0 Å². The number of benzene rings is 1. The zero-order valence-corrected chi connectivity index (χ0v) is 17.8. The van der Waals surface area contributed by atoms with Crippen LogP contribution in [0.3, 0.4) is 0 Å². The van der Waals surface area contributed by atoms with E-state index in [0.717, 1.165) is 16.9 Å². The van der Waals surface area contributed by atoms with Crippen molar-refractivity contribution in [1.29, 1.82) is 0 Å². The number of aryl methyl sites for hydroxylation is 1. The fourth-order valence-electron chi connectivity index (χ4n) is 2.73. The number of rotatable bonds is 6. The molecule has 0 aromatic heterocycles. The molecule has 1 aliphatic heterocycles. The summed E-state index contributed by atoms with van der Waals surface area (Å²) in [5.74, 6) is 1.25. The molecule has 1 saturated heterocycles. The lowest BCUT2D eigenvalue weighted by molar-refractivity contribution is -0.147. The molecule has 0 saturated carbocycles. The van der Waals surface area contributed by atoms with Gasteiger partial charge in [-0.25, -0.2) is 0 Å². The summed E-state index contributed by atoms with van der Waals surface area (Å²) in [4.78, 5) is 29.0. The second-order valence-electron chi connectivity index (χ2n) is 5.96. The lowest BCUT2D eigenvalue weighted by Gasteiger charge is -2.25. The number of hydrogen-bond donors (Lipinski definition) is 2. The summed E-state index contributed by atoms with van der Waals surface area (Å²) in [6, 6.07) is 6.03. The van der Waals surface area contributed by atoms with Crippen molar-refractivity contribution in [3.63, 3.8) is 0 Å². The first-order valence-electron chi connectivity index (χ1n) is 8.46. The van der Waals surface area contributed by atoms with Crippen LogP contribution in [0.1, 0.15) is 30.4 Å². The normalized spacial score (nSPS) is 14.7. The Bertz CT molecular complexity index is 648. The number of carbonyl (C=O) groups is 2. The van der Waals surface area contributed by atoms with Crippen LogP contribution in [0.15, 0.2) is 23.2 Å². The number of imide groups is 1. The van der Waals surface area contributed by atoms with Gasteiger partial charge in [-0.15, -0.1) is 24.0 Å². The van der Waals surface area contributed by atoms with E-state index in [4.69, 9.17) is 4.74 Å². The van der Waals surface area contributed by atoms with Gasteiger partial charge < -0.3 is 15.4 Å². The number of ether oxygens (including phenoxy) is 1. The Balaban J connectivity index is 0.00000338. The van der Waals surface area contributed by atoms with E-state index >= 15 is 0 Å². The van der Waals surface area contributed by atoms with Gasteiger partial charge in [0.25, 0.3) is 0 Å². The molecule has 2 N–H and O–H groups in total. The Labute approximate surface area is 171 Å². The molecule has 1 aromatic carbocycles. The molecular formula is C18H27IN4O3. The topological polar surface area (TPSA) is 83.0 Å². The number of carbonyl (C=O) groups excluding carboxylic acids is 2. The minimum Gasteiger partial charge on any atom is -0.496 e. The largest absolute Gasteiger partial charge is 0.496 e. The standard InChI is InChI=1S/C18H26N4O3.HI/c1-13-7-8-14(15(11-13)25-3)12-21-18(19-2)20-9-10-22-16(23)5-4-6-17(22)24;/h7-8,11H,4-6,9-10,12H2,1-3H3,(H2,19,20,21);1H. The fourth-order valence-corrected chi connectivity index (χ4v) is 2.73. The highest BCUT2D eigenvalue weighted by Gasteiger charge is 2.25. The highest BCUT2D eigenvalue weighted by atomic mass is 127. The highest BCUT2D eigenvalue weighted by Crippen LogP contribution is 2.19. The molecule has 1 fully saturated rings. The SMILES string of the molecule is CN=C(NCCN1C(=O)CCCC1=O)NCc1ccc(C)cc1OC.I. The summed E-state index contributed by atoms with van der Waals surface area (Å²) in [5.41, 5.74) is 2.16. The van der Waals surface area contributed by atoms with Crippen LogP contribution in [-0.2, 0) is 16.1 Å². The van der Waals surface area contributed by atoms with Crippen LogP contribution in [0.25, 0.3) is 0 Å². The third-order valence-corrected chi connectivity index (χ3v) is 4.12. The molecule has 8 heteroatoms. The van der Waals surface area contributed by atoms with Crippen LogP contribution >= 0.6 is 24.0 Å². The molecule has 7 nitrogen and oxygen atoms in total. The first-order chi connectivity index (χ1) is 12.0. The van der Waals surface area contributed by atoms with Gasteiger partial charge in [0.05, 0.1) is 7.11 Å². The Morgan fingerprint density at radius 3 is 2.54 bits per heavy atom. The number of amides is 2. The van der Waals surface area contributed by atoms with Crippen molar-refractivity contribution >= 4 is 41.8 Å². The van der Waals surface area contributed by atoms with Gasteiger partial charge in [0, 0.05) is 45.1 Å².